The second kappa shape index (κ2) is 6.67. The molecule has 2 aromatic carbocycles. The highest BCUT2D eigenvalue weighted by Crippen LogP contribution is 2.23. The summed E-state index contributed by atoms with van der Waals surface area (Å²) in [6.07, 6.45) is 3.50. The van der Waals surface area contributed by atoms with Gasteiger partial charge >= 0.3 is 0 Å². The summed E-state index contributed by atoms with van der Waals surface area (Å²) in [6.45, 7) is 1.23. The van der Waals surface area contributed by atoms with Crippen molar-refractivity contribution in [2.24, 2.45) is 0 Å². The van der Waals surface area contributed by atoms with E-state index in [4.69, 9.17) is 0 Å². The first-order valence-corrected chi connectivity index (χ1v) is 9.05. The quantitative estimate of drug-likeness (QED) is 0.487. The molecule has 134 valence electrons. The summed E-state index contributed by atoms with van der Waals surface area (Å²) in [6, 6.07) is 19.6. The summed E-state index contributed by atoms with van der Waals surface area (Å²) in [5, 5.41) is 4.43. The summed E-state index contributed by atoms with van der Waals surface area (Å²) in [5.41, 5.74) is 5.09. The van der Waals surface area contributed by atoms with Crippen LogP contribution >= 0.6 is 0 Å². The zero-order valence-electron chi connectivity index (χ0n) is 15.0. The number of amides is 1. The van der Waals surface area contributed by atoms with Crippen molar-refractivity contribution in [1.29, 1.82) is 0 Å². The Morgan fingerprint density at radius 1 is 0.893 bits per heavy atom. The number of carbonyl (C=O) groups is 1. The number of hydrogen-bond donors (Lipinski definition) is 0. The molecule has 0 N–H and O–H groups in total. The van der Waals surface area contributed by atoms with Crippen LogP contribution in [0.15, 0.2) is 73.1 Å². The summed E-state index contributed by atoms with van der Waals surface area (Å²) < 4.78 is 1.62. The van der Waals surface area contributed by atoms with Gasteiger partial charge in [-0.05, 0) is 23.3 Å². The van der Waals surface area contributed by atoms with Gasteiger partial charge in [0.2, 0.25) is 0 Å². The van der Waals surface area contributed by atoms with Crippen LogP contribution in [0, 0.1) is 11.8 Å². The molecule has 0 unspecified atom stereocenters. The molecule has 2 aromatic heterocycles. The van der Waals surface area contributed by atoms with E-state index in [1.165, 1.54) is 11.1 Å². The lowest BCUT2D eigenvalue weighted by atomic mass is 10.1. The third kappa shape index (κ3) is 3.01. The van der Waals surface area contributed by atoms with Gasteiger partial charge in [0.05, 0.1) is 5.56 Å². The van der Waals surface area contributed by atoms with Crippen LogP contribution in [0.4, 0.5) is 0 Å². The molecule has 1 aliphatic rings. The van der Waals surface area contributed by atoms with Crippen molar-refractivity contribution in [3.8, 4) is 11.8 Å². The molecule has 3 heterocycles. The van der Waals surface area contributed by atoms with Crippen LogP contribution < -0.4 is 0 Å². The Labute approximate surface area is 162 Å². The lowest BCUT2D eigenvalue weighted by Gasteiger charge is -2.13. The molecule has 4 aromatic rings. The highest BCUT2D eigenvalue weighted by Gasteiger charge is 2.25. The van der Waals surface area contributed by atoms with Crippen LogP contribution in [0.3, 0.4) is 0 Å². The van der Waals surface area contributed by atoms with E-state index in [1.54, 1.807) is 23.0 Å². The van der Waals surface area contributed by atoms with Gasteiger partial charge in [0.15, 0.2) is 11.3 Å². The molecule has 0 saturated carbocycles. The topological polar surface area (TPSA) is 50.5 Å². The number of hydrogen-bond acceptors (Lipinski definition) is 3. The van der Waals surface area contributed by atoms with E-state index < -0.39 is 0 Å². The maximum atomic E-state index is 12.9. The Bertz CT molecular complexity index is 1220. The van der Waals surface area contributed by atoms with E-state index in [0.29, 0.717) is 24.4 Å². The number of fused-ring (bicyclic) bond motifs is 2. The minimum absolute atomic E-state index is 0.0846. The first-order chi connectivity index (χ1) is 13.8. The monoisotopic (exact) mass is 364 g/mol. The average Bonchev–Trinajstić information content (AvgIpc) is 3.36. The predicted octanol–water partition coefficient (Wildman–Crippen LogP) is 3.29. The van der Waals surface area contributed by atoms with Gasteiger partial charge in [-0.1, -0.05) is 54.3 Å². The highest BCUT2D eigenvalue weighted by atomic mass is 16.2. The fourth-order valence-corrected chi connectivity index (χ4v) is 3.35. The van der Waals surface area contributed by atoms with Crippen molar-refractivity contribution in [1.82, 2.24) is 19.5 Å². The van der Waals surface area contributed by atoms with Crippen molar-refractivity contribution in [2.75, 3.05) is 0 Å². The second-order valence-electron chi connectivity index (χ2n) is 6.72. The van der Waals surface area contributed by atoms with Crippen LogP contribution in [0.2, 0.25) is 0 Å². The molecule has 0 fully saturated rings. The van der Waals surface area contributed by atoms with E-state index in [9.17, 15) is 4.79 Å². The number of benzene rings is 2. The Morgan fingerprint density at radius 3 is 2.32 bits per heavy atom. The van der Waals surface area contributed by atoms with Crippen molar-refractivity contribution in [3.05, 3.63) is 101 Å². The highest BCUT2D eigenvalue weighted by molar-refractivity contribution is 5.93. The molecule has 28 heavy (non-hydrogen) atoms. The van der Waals surface area contributed by atoms with Crippen molar-refractivity contribution in [3.63, 3.8) is 0 Å². The number of nitrogens with zero attached hydrogens (tertiary/aromatic N) is 4. The predicted molar refractivity (Wildman–Crippen MR) is 105 cm³/mol. The minimum Gasteiger partial charge on any atom is -0.329 e. The van der Waals surface area contributed by atoms with Gasteiger partial charge in [-0.2, -0.15) is 5.10 Å². The second-order valence-corrected chi connectivity index (χ2v) is 6.72. The number of aromatic nitrogens is 3. The molecular weight excluding hydrogens is 348 g/mol. The minimum atomic E-state index is -0.0846. The maximum Gasteiger partial charge on any atom is 0.275 e. The van der Waals surface area contributed by atoms with Gasteiger partial charge in [-0.3, -0.25) is 4.79 Å². The Balaban J connectivity index is 1.40. The van der Waals surface area contributed by atoms with Crippen LogP contribution in [0.5, 0.6) is 0 Å². The van der Waals surface area contributed by atoms with Gasteiger partial charge in [0.1, 0.15) is 0 Å². The Hall–Kier alpha value is -3.91. The first-order valence-electron chi connectivity index (χ1n) is 9.05. The molecule has 0 atom stereocenters. The molecule has 5 rings (SSSR count). The SMILES string of the molecule is O=C(c1cc2ncc(C#Cc3ccccc3)cn2n1)N1Cc2ccccc2C1. The lowest BCUT2D eigenvalue weighted by molar-refractivity contribution is 0.0745. The van der Waals surface area contributed by atoms with E-state index >= 15 is 0 Å². The Morgan fingerprint density at radius 2 is 1.57 bits per heavy atom. The third-order valence-electron chi connectivity index (χ3n) is 4.79. The number of carbonyl (C=O) groups excluding carboxylic acids is 1. The standard InChI is InChI=1S/C23H16N4O/c28-23(26-15-19-8-4-5-9-20(19)16-26)21-12-22-24-13-18(14-27(22)25-21)11-10-17-6-2-1-3-7-17/h1-9,12-14H,15-16H2. The van der Waals surface area contributed by atoms with E-state index in [2.05, 4.69) is 34.1 Å². The zero-order valence-corrected chi connectivity index (χ0v) is 15.0. The summed E-state index contributed by atoms with van der Waals surface area (Å²) >= 11 is 0. The molecule has 5 heteroatoms. The van der Waals surface area contributed by atoms with Crippen molar-refractivity contribution >= 4 is 11.6 Å². The van der Waals surface area contributed by atoms with Crippen molar-refractivity contribution < 1.29 is 4.79 Å². The fourth-order valence-electron chi connectivity index (χ4n) is 3.35. The number of rotatable bonds is 1. The molecule has 1 amide bonds. The molecule has 5 nitrogen and oxygen atoms in total. The van der Waals surface area contributed by atoms with Gasteiger partial charge in [0, 0.05) is 37.1 Å². The molecule has 0 bridgehead atoms. The molecule has 1 aliphatic heterocycles. The smallest absolute Gasteiger partial charge is 0.275 e. The molecular formula is C23H16N4O. The summed E-state index contributed by atoms with van der Waals surface area (Å²) in [5.74, 6) is 6.11. The third-order valence-corrected chi connectivity index (χ3v) is 4.79. The fraction of sp³-hybridized carbons (Fsp3) is 0.0870. The van der Waals surface area contributed by atoms with Gasteiger partial charge in [0.25, 0.3) is 5.91 Å². The molecule has 0 radical (unpaired) electrons. The Kier molecular flexibility index (Phi) is 3.88. The first kappa shape index (κ1) is 16.3. The molecule has 0 spiro atoms. The zero-order chi connectivity index (χ0) is 18.9. The largest absolute Gasteiger partial charge is 0.329 e. The van der Waals surface area contributed by atoms with E-state index in [0.717, 1.165) is 11.1 Å². The molecule has 0 aliphatic carbocycles. The summed E-state index contributed by atoms with van der Waals surface area (Å²) in [7, 11) is 0. The van der Waals surface area contributed by atoms with E-state index in [1.807, 2.05) is 47.4 Å². The van der Waals surface area contributed by atoms with Gasteiger partial charge < -0.3 is 4.90 Å². The van der Waals surface area contributed by atoms with E-state index in [-0.39, 0.29) is 5.91 Å². The van der Waals surface area contributed by atoms with Crippen LogP contribution in [-0.4, -0.2) is 25.4 Å². The maximum absolute atomic E-state index is 12.9. The van der Waals surface area contributed by atoms with Gasteiger partial charge in [-0.15, -0.1) is 0 Å². The molecule has 0 saturated heterocycles. The van der Waals surface area contributed by atoms with Crippen LogP contribution in [0.25, 0.3) is 5.65 Å². The lowest BCUT2D eigenvalue weighted by Crippen LogP contribution is -2.25. The van der Waals surface area contributed by atoms with Crippen molar-refractivity contribution in [2.45, 2.75) is 13.1 Å². The van der Waals surface area contributed by atoms with Gasteiger partial charge in [-0.25, -0.2) is 9.50 Å². The van der Waals surface area contributed by atoms with Crippen LogP contribution in [0.1, 0.15) is 32.7 Å². The summed E-state index contributed by atoms with van der Waals surface area (Å²) in [4.78, 5) is 19.1. The van der Waals surface area contributed by atoms with Crippen LogP contribution in [-0.2, 0) is 13.1 Å². The normalized spacial score (nSPS) is 12.5. The average molecular weight is 364 g/mol.